The first kappa shape index (κ1) is 15.8. The van der Waals surface area contributed by atoms with Crippen LogP contribution in [0.1, 0.15) is 11.3 Å². The van der Waals surface area contributed by atoms with Gasteiger partial charge >= 0.3 is 0 Å². The zero-order chi connectivity index (χ0) is 18.1. The molecule has 0 atom stereocenters. The quantitative estimate of drug-likeness (QED) is 0.357. The standard InChI is InChI=1S/C26H19N/c1-2-11-22-19(8-1)9-7-14-25(22)26-16-15-20(18-21-10-5-6-17-27-21)23-12-3-4-13-24(23)26/h1-17H,18H2. The van der Waals surface area contributed by atoms with Gasteiger partial charge < -0.3 is 0 Å². The lowest BCUT2D eigenvalue weighted by atomic mass is 9.91. The van der Waals surface area contributed by atoms with E-state index in [1.807, 2.05) is 12.3 Å². The third kappa shape index (κ3) is 2.88. The van der Waals surface area contributed by atoms with E-state index in [4.69, 9.17) is 0 Å². The Hall–Kier alpha value is -3.45. The number of rotatable bonds is 3. The van der Waals surface area contributed by atoms with Gasteiger partial charge in [0.1, 0.15) is 0 Å². The van der Waals surface area contributed by atoms with Crippen molar-refractivity contribution in [1.29, 1.82) is 0 Å². The fourth-order valence-corrected chi connectivity index (χ4v) is 3.91. The average molecular weight is 345 g/mol. The van der Waals surface area contributed by atoms with Crippen molar-refractivity contribution >= 4 is 21.5 Å². The zero-order valence-electron chi connectivity index (χ0n) is 15.0. The summed E-state index contributed by atoms with van der Waals surface area (Å²) in [5.41, 5.74) is 4.98. The molecule has 27 heavy (non-hydrogen) atoms. The lowest BCUT2D eigenvalue weighted by Gasteiger charge is -2.13. The molecule has 0 bridgehead atoms. The van der Waals surface area contributed by atoms with Crippen molar-refractivity contribution in [3.05, 3.63) is 115 Å². The highest BCUT2D eigenvalue weighted by atomic mass is 14.7. The van der Waals surface area contributed by atoms with Gasteiger partial charge in [0.2, 0.25) is 0 Å². The highest BCUT2D eigenvalue weighted by molar-refractivity contribution is 6.06. The molecule has 0 spiro atoms. The fraction of sp³-hybridized carbons (Fsp3) is 0.0385. The molecule has 5 aromatic rings. The second-order valence-corrected chi connectivity index (χ2v) is 6.84. The Morgan fingerprint density at radius 1 is 0.519 bits per heavy atom. The van der Waals surface area contributed by atoms with Gasteiger partial charge in [-0.2, -0.15) is 0 Å². The van der Waals surface area contributed by atoms with Crippen LogP contribution in [0.5, 0.6) is 0 Å². The minimum Gasteiger partial charge on any atom is -0.261 e. The largest absolute Gasteiger partial charge is 0.261 e. The minimum atomic E-state index is 0.844. The van der Waals surface area contributed by atoms with Gasteiger partial charge in [0.05, 0.1) is 0 Å². The normalized spacial score (nSPS) is 11.1. The first-order chi connectivity index (χ1) is 13.4. The van der Waals surface area contributed by atoms with Gasteiger partial charge in [-0.15, -0.1) is 0 Å². The molecule has 4 aromatic carbocycles. The van der Waals surface area contributed by atoms with E-state index in [9.17, 15) is 0 Å². The van der Waals surface area contributed by atoms with Gasteiger partial charge in [0.15, 0.2) is 0 Å². The second-order valence-electron chi connectivity index (χ2n) is 6.84. The molecule has 0 radical (unpaired) electrons. The molecule has 0 aliphatic carbocycles. The van der Waals surface area contributed by atoms with Crippen molar-refractivity contribution in [2.24, 2.45) is 0 Å². The van der Waals surface area contributed by atoms with Crippen LogP contribution < -0.4 is 0 Å². The Labute approximate surface area is 158 Å². The molecule has 1 nitrogen and oxygen atoms in total. The van der Waals surface area contributed by atoms with Crippen LogP contribution in [0.3, 0.4) is 0 Å². The number of pyridine rings is 1. The lowest BCUT2D eigenvalue weighted by molar-refractivity contribution is 1.08. The maximum Gasteiger partial charge on any atom is 0.0447 e. The summed E-state index contributed by atoms with van der Waals surface area (Å²) >= 11 is 0. The van der Waals surface area contributed by atoms with Crippen LogP contribution in [0.25, 0.3) is 32.7 Å². The molecular weight excluding hydrogens is 326 g/mol. The fourth-order valence-electron chi connectivity index (χ4n) is 3.91. The van der Waals surface area contributed by atoms with Gasteiger partial charge in [0, 0.05) is 18.3 Å². The van der Waals surface area contributed by atoms with Crippen LogP contribution in [-0.2, 0) is 6.42 Å². The number of aromatic nitrogens is 1. The smallest absolute Gasteiger partial charge is 0.0447 e. The number of fused-ring (bicyclic) bond motifs is 2. The van der Waals surface area contributed by atoms with E-state index in [1.165, 1.54) is 38.2 Å². The molecule has 0 fully saturated rings. The summed E-state index contributed by atoms with van der Waals surface area (Å²) in [7, 11) is 0. The highest BCUT2D eigenvalue weighted by Gasteiger charge is 2.10. The molecule has 1 aromatic heterocycles. The summed E-state index contributed by atoms with van der Waals surface area (Å²) in [5.74, 6) is 0. The molecule has 5 rings (SSSR count). The van der Waals surface area contributed by atoms with Crippen LogP contribution in [0.15, 0.2) is 103 Å². The van der Waals surface area contributed by atoms with E-state index in [-0.39, 0.29) is 0 Å². The van der Waals surface area contributed by atoms with E-state index in [0.29, 0.717) is 0 Å². The Kier molecular flexibility index (Phi) is 3.91. The Morgan fingerprint density at radius 3 is 2.07 bits per heavy atom. The summed E-state index contributed by atoms with van der Waals surface area (Å²) in [5, 5.41) is 5.16. The molecule has 0 unspecified atom stereocenters. The summed E-state index contributed by atoms with van der Waals surface area (Å²) < 4.78 is 0. The number of hydrogen-bond donors (Lipinski definition) is 0. The molecular formula is C26H19N. The maximum atomic E-state index is 4.50. The third-order valence-electron chi connectivity index (χ3n) is 5.19. The maximum absolute atomic E-state index is 4.50. The Balaban J connectivity index is 1.72. The molecule has 0 aliphatic heterocycles. The van der Waals surface area contributed by atoms with Gasteiger partial charge in [-0.1, -0.05) is 84.9 Å². The molecule has 0 aliphatic rings. The van der Waals surface area contributed by atoms with E-state index in [0.717, 1.165) is 12.1 Å². The van der Waals surface area contributed by atoms with Crippen molar-refractivity contribution in [3.63, 3.8) is 0 Å². The number of hydrogen-bond acceptors (Lipinski definition) is 1. The van der Waals surface area contributed by atoms with E-state index in [1.54, 1.807) is 0 Å². The van der Waals surface area contributed by atoms with E-state index < -0.39 is 0 Å². The summed E-state index contributed by atoms with van der Waals surface area (Å²) in [6.45, 7) is 0. The van der Waals surface area contributed by atoms with Gasteiger partial charge in [-0.25, -0.2) is 0 Å². The molecule has 1 heterocycles. The first-order valence-corrected chi connectivity index (χ1v) is 9.29. The van der Waals surface area contributed by atoms with Crippen molar-refractivity contribution in [2.45, 2.75) is 6.42 Å². The van der Waals surface area contributed by atoms with Crippen LogP contribution in [0.2, 0.25) is 0 Å². The first-order valence-electron chi connectivity index (χ1n) is 9.29. The van der Waals surface area contributed by atoms with Crippen molar-refractivity contribution in [1.82, 2.24) is 4.98 Å². The monoisotopic (exact) mass is 345 g/mol. The third-order valence-corrected chi connectivity index (χ3v) is 5.19. The molecule has 1 heteroatoms. The minimum absolute atomic E-state index is 0.844. The average Bonchev–Trinajstić information content (AvgIpc) is 2.74. The lowest BCUT2D eigenvalue weighted by Crippen LogP contribution is -1.94. The van der Waals surface area contributed by atoms with Crippen LogP contribution in [0.4, 0.5) is 0 Å². The molecule has 128 valence electrons. The van der Waals surface area contributed by atoms with Crippen LogP contribution >= 0.6 is 0 Å². The van der Waals surface area contributed by atoms with Crippen molar-refractivity contribution in [2.75, 3.05) is 0 Å². The van der Waals surface area contributed by atoms with E-state index >= 15 is 0 Å². The predicted molar refractivity (Wildman–Crippen MR) is 114 cm³/mol. The topological polar surface area (TPSA) is 12.9 Å². The summed E-state index contributed by atoms with van der Waals surface area (Å²) in [6, 6.07) is 34.5. The Morgan fingerprint density at radius 2 is 1.22 bits per heavy atom. The van der Waals surface area contributed by atoms with Crippen molar-refractivity contribution in [3.8, 4) is 11.1 Å². The molecule has 0 amide bonds. The number of benzene rings is 4. The van der Waals surface area contributed by atoms with Crippen LogP contribution in [0, 0.1) is 0 Å². The zero-order valence-corrected chi connectivity index (χ0v) is 15.0. The molecule has 0 N–H and O–H groups in total. The highest BCUT2D eigenvalue weighted by Crippen LogP contribution is 2.35. The van der Waals surface area contributed by atoms with Gasteiger partial charge in [-0.3, -0.25) is 4.98 Å². The van der Waals surface area contributed by atoms with Crippen molar-refractivity contribution < 1.29 is 0 Å². The van der Waals surface area contributed by atoms with E-state index in [2.05, 4.69) is 96.0 Å². The molecule has 0 saturated carbocycles. The number of nitrogens with zero attached hydrogens (tertiary/aromatic N) is 1. The predicted octanol–water partition coefficient (Wildman–Crippen LogP) is 6.65. The Bertz CT molecular complexity index is 1230. The molecule has 0 saturated heterocycles. The second kappa shape index (κ2) is 6.69. The summed E-state index contributed by atoms with van der Waals surface area (Å²) in [4.78, 5) is 4.50. The summed E-state index contributed by atoms with van der Waals surface area (Å²) in [6.07, 6.45) is 2.71. The van der Waals surface area contributed by atoms with Gasteiger partial charge in [-0.05, 0) is 50.4 Å². The SMILES string of the molecule is c1ccc(Cc2ccc(-c3cccc4ccccc34)c3ccccc23)nc1. The van der Waals surface area contributed by atoms with Crippen LogP contribution in [-0.4, -0.2) is 4.98 Å². The van der Waals surface area contributed by atoms with Gasteiger partial charge in [0.25, 0.3) is 0 Å².